The van der Waals surface area contributed by atoms with E-state index >= 15 is 0 Å². The average Bonchev–Trinajstić information content (AvgIpc) is 3.29. The van der Waals surface area contributed by atoms with Gasteiger partial charge in [0.25, 0.3) is 0 Å². The molecule has 0 spiro atoms. The van der Waals surface area contributed by atoms with Crippen molar-refractivity contribution in [3.8, 4) is 10.7 Å². The Bertz CT molecular complexity index is 797. The van der Waals surface area contributed by atoms with Crippen molar-refractivity contribution in [2.24, 2.45) is 0 Å². The normalized spacial score (nSPS) is 10.5. The molecule has 0 saturated heterocycles. The Hall–Kier alpha value is -2.73. The van der Waals surface area contributed by atoms with E-state index in [9.17, 15) is 4.79 Å². The summed E-state index contributed by atoms with van der Waals surface area (Å²) in [6.07, 6.45) is 2.43. The lowest BCUT2D eigenvalue weighted by molar-refractivity contribution is -0.118. The molecule has 2 aromatic heterocycles. The Labute approximate surface area is 144 Å². The Morgan fingerprint density at radius 2 is 2.08 bits per heavy atom. The summed E-state index contributed by atoms with van der Waals surface area (Å²) in [5, 5.41) is 5.92. The maximum Gasteiger partial charge on any atom is 0.227 e. The molecular formula is C18H17N3O2S. The minimum absolute atomic E-state index is 0.00280. The smallest absolute Gasteiger partial charge is 0.227 e. The van der Waals surface area contributed by atoms with E-state index in [0.29, 0.717) is 31.1 Å². The van der Waals surface area contributed by atoms with Crippen molar-refractivity contribution in [2.45, 2.75) is 12.8 Å². The molecule has 0 fully saturated rings. The first kappa shape index (κ1) is 16.1. The number of rotatable bonds is 7. The van der Waals surface area contributed by atoms with Crippen molar-refractivity contribution in [1.82, 2.24) is 10.1 Å². The highest BCUT2D eigenvalue weighted by Gasteiger charge is 2.16. The monoisotopic (exact) mass is 339 g/mol. The number of nitrogens with zero attached hydrogens (tertiary/aromatic N) is 3. The van der Waals surface area contributed by atoms with Crippen molar-refractivity contribution in [1.29, 1.82) is 0 Å². The minimum atomic E-state index is -0.00280. The second-order valence-electron chi connectivity index (χ2n) is 5.12. The number of benzene rings is 1. The number of thiophene rings is 1. The lowest BCUT2D eigenvalue weighted by Gasteiger charge is -2.20. The highest BCUT2D eigenvalue weighted by Crippen LogP contribution is 2.22. The Morgan fingerprint density at radius 1 is 1.25 bits per heavy atom. The second-order valence-corrected chi connectivity index (χ2v) is 6.07. The van der Waals surface area contributed by atoms with Crippen LogP contribution in [0.3, 0.4) is 0 Å². The van der Waals surface area contributed by atoms with Crippen molar-refractivity contribution in [3.05, 3.63) is 66.4 Å². The summed E-state index contributed by atoms with van der Waals surface area (Å²) in [5.74, 6) is 1.04. The van der Waals surface area contributed by atoms with Gasteiger partial charge in [0.05, 0.1) is 4.88 Å². The average molecular weight is 339 g/mol. The van der Waals surface area contributed by atoms with Crippen LogP contribution < -0.4 is 4.90 Å². The molecule has 1 amide bonds. The number of hydrogen-bond donors (Lipinski definition) is 0. The molecule has 6 heteroatoms. The summed E-state index contributed by atoms with van der Waals surface area (Å²) < 4.78 is 5.24. The SMILES string of the molecule is C=CCN(C(=O)CCc1nc(-c2cccs2)no1)c1ccccc1. The van der Waals surface area contributed by atoms with Crippen LogP contribution >= 0.6 is 11.3 Å². The fourth-order valence-corrected chi connectivity index (χ4v) is 2.95. The number of carbonyl (C=O) groups is 1. The van der Waals surface area contributed by atoms with Crippen LogP contribution in [0.1, 0.15) is 12.3 Å². The Balaban J connectivity index is 1.64. The molecule has 0 radical (unpaired) electrons. The quantitative estimate of drug-likeness (QED) is 0.612. The third kappa shape index (κ3) is 3.78. The van der Waals surface area contributed by atoms with E-state index in [4.69, 9.17) is 4.52 Å². The molecule has 3 rings (SSSR count). The lowest BCUT2D eigenvalue weighted by Crippen LogP contribution is -2.31. The molecular weight excluding hydrogens is 322 g/mol. The molecule has 2 heterocycles. The van der Waals surface area contributed by atoms with E-state index in [-0.39, 0.29) is 5.91 Å². The molecule has 0 aliphatic heterocycles. The van der Waals surface area contributed by atoms with Crippen LogP contribution in [0.2, 0.25) is 0 Å². The molecule has 0 N–H and O–H groups in total. The largest absolute Gasteiger partial charge is 0.339 e. The first-order valence-electron chi connectivity index (χ1n) is 7.60. The summed E-state index contributed by atoms with van der Waals surface area (Å²) >= 11 is 1.55. The van der Waals surface area contributed by atoms with Crippen molar-refractivity contribution >= 4 is 22.9 Å². The van der Waals surface area contributed by atoms with E-state index in [2.05, 4.69) is 16.7 Å². The van der Waals surface area contributed by atoms with Gasteiger partial charge in [-0.15, -0.1) is 17.9 Å². The highest BCUT2D eigenvalue weighted by atomic mass is 32.1. The number of aromatic nitrogens is 2. The van der Waals surface area contributed by atoms with Gasteiger partial charge in [0.15, 0.2) is 0 Å². The maximum atomic E-state index is 12.5. The number of para-hydroxylation sites is 1. The summed E-state index contributed by atoms with van der Waals surface area (Å²) in [5.41, 5.74) is 0.854. The lowest BCUT2D eigenvalue weighted by atomic mass is 10.2. The zero-order valence-electron chi connectivity index (χ0n) is 13.1. The molecule has 3 aromatic rings. The van der Waals surface area contributed by atoms with Crippen molar-refractivity contribution < 1.29 is 9.32 Å². The number of carbonyl (C=O) groups excluding carboxylic acids is 1. The Morgan fingerprint density at radius 3 is 2.79 bits per heavy atom. The van der Waals surface area contributed by atoms with Gasteiger partial charge in [0.2, 0.25) is 17.6 Å². The predicted octanol–water partition coefficient (Wildman–Crippen LogP) is 3.95. The van der Waals surface area contributed by atoms with Gasteiger partial charge in [0.1, 0.15) is 0 Å². The second kappa shape index (κ2) is 7.70. The third-order valence-corrected chi connectivity index (χ3v) is 4.31. The van der Waals surface area contributed by atoms with Crippen LogP contribution in [0.4, 0.5) is 5.69 Å². The Kier molecular flexibility index (Phi) is 5.18. The van der Waals surface area contributed by atoms with Crippen LogP contribution in [0.5, 0.6) is 0 Å². The fourth-order valence-electron chi connectivity index (χ4n) is 2.30. The van der Waals surface area contributed by atoms with Gasteiger partial charge in [-0.1, -0.05) is 35.5 Å². The van der Waals surface area contributed by atoms with Crippen LogP contribution in [0, 0.1) is 0 Å². The molecule has 1 aromatic carbocycles. The first-order valence-corrected chi connectivity index (χ1v) is 8.48. The van der Waals surface area contributed by atoms with E-state index in [1.165, 1.54) is 0 Å². The standard InChI is InChI=1S/C18H17N3O2S/c1-2-12-21(14-7-4-3-5-8-14)17(22)11-10-16-19-18(20-23-16)15-9-6-13-24-15/h2-9,13H,1,10-12H2. The van der Waals surface area contributed by atoms with Crippen LogP contribution in [-0.4, -0.2) is 22.6 Å². The summed E-state index contributed by atoms with van der Waals surface area (Å²) in [6.45, 7) is 4.19. The fraction of sp³-hybridized carbons (Fsp3) is 0.167. The van der Waals surface area contributed by atoms with Gasteiger partial charge < -0.3 is 9.42 Å². The topological polar surface area (TPSA) is 59.2 Å². The summed E-state index contributed by atoms with van der Waals surface area (Å²) in [4.78, 5) is 19.5. The number of amides is 1. The van der Waals surface area contributed by atoms with Crippen LogP contribution in [0.15, 0.2) is 65.0 Å². The molecule has 5 nitrogen and oxygen atoms in total. The molecule has 0 saturated carbocycles. The molecule has 122 valence electrons. The number of aryl methyl sites for hydroxylation is 1. The van der Waals surface area contributed by atoms with Gasteiger partial charge in [-0.25, -0.2) is 0 Å². The molecule has 0 bridgehead atoms. The maximum absolute atomic E-state index is 12.5. The van der Waals surface area contributed by atoms with Gasteiger partial charge in [-0.2, -0.15) is 4.98 Å². The summed E-state index contributed by atoms with van der Waals surface area (Å²) in [6, 6.07) is 13.4. The van der Waals surface area contributed by atoms with Crippen LogP contribution in [0.25, 0.3) is 10.7 Å². The molecule has 0 aliphatic carbocycles. The number of hydrogen-bond acceptors (Lipinski definition) is 5. The van der Waals surface area contributed by atoms with E-state index in [1.54, 1.807) is 22.3 Å². The third-order valence-electron chi connectivity index (χ3n) is 3.44. The van der Waals surface area contributed by atoms with Gasteiger partial charge >= 0.3 is 0 Å². The van der Waals surface area contributed by atoms with E-state index in [0.717, 1.165) is 10.6 Å². The van der Waals surface area contributed by atoms with Crippen LogP contribution in [-0.2, 0) is 11.2 Å². The van der Waals surface area contributed by atoms with Gasteiger partial charge in [0, 0.05) is 25.1 Å². The highest BCUT2D eigenvalue weighted by molar-refractivity contribution is 7.13. The van der Waals surface area contributed by atoms with Crippen molar-refractivity contribution in [2.75, 3.05) is 11.4 Å². The van der Waals surface area contributed by atoms with E-state index in [1.807, 2.05) is 47.8 Å². The molecule has 0 unspecified atom stereocenters. The zero-order valence-corrected chi connectivity index (χ0v) is 13.9. The molecule has 24 heavy (non-hydrogen) atoms. The van der Waals surface area contributed by atoms with Gasteiger partial charge in [-0.05, 0) is 23.6 Å². The zero-order chi connectivity index (χ0) is 16.8. The molecule has 0 atom stereocenters. The molecule has 0 aliphatic rings. The van der Waals surface area contributed by atoms with Crippen molar-refractivity contribution in [3.63, 3.8) is 0 Å². The predicted molar refractivity (Wildman–Crippen MR) is 94.9 cm³/mol. The van der Waals surface area contributed by atoms with Gasteiger partial charge in [-0.3, -0.25) is 4.79 Å². The van der Waals surface area contributed by atoms with E-state index < -0.39 is 0 Å². The summed E-state index contributed by atoms with van der Waals surface area (Å²) in [7, 11) is 0. The first-order chi connectivity index (χ1) is 11.8. The number of anilines is 1. The minimum Gasteiger partial charge on any atom is -0.339 e.